The lowest BCUT2D eigenvalue weighted by atomic mass is 9.76. The number of likely N-dealkylation sites (tertiary alicyclic amines) is 2. The molecule has 2 aliphatic rings. The van der Waals surface area contributed by atoms with Crippen LogP contribution in [0.4, 0.5) is 0 Å². The number of ketones is 1. The van der Waals surface area contributed by atoms with E-state index >= 15 is 0 Å². The number of imide groups is 2. The topological polar surface area (TPSA) is 494 Å². The van der Waals surface area contributed by atoms with Crippen molar-refractivity contribution in [2.24, 2.45) is 34.1 Å². The van der Waals surface area contributed by atoms with Crippen LogP contribution in [0, 0.1) is 22.7 Å². The molecular formula is C83H127N13O20S2. The minimum atomic E-state index is -1.64. The van der Waals surface area contributed by atoms with Gasteiger partial charge in [-0.05, 0) is 81.6 Å². The summed E-state index contributed by atoms with van der Waals surface area (Å²) >= 11 is 1.95. The first-order valence-corrected chi connectivity index (χ1v) is 41.4. The van der Waals surface area contributed by atoms with Crippen molar-refractivity contribution >= 4 is 118 Å². The molecule has 0 spiro atoms. The number of benzene rings is 2. The van der Waals surface area contributed by atoms with Gasteiger partial charge in [0.2, 0.25) is 65.0 Å². The molecule has 4 rings (SSSR count). The van der Waals surface area contributed by atoms with Gasteiger partial charge in [0.15, 0.2) is 0 Å². The number of hydrogen-bond donors (Lipinski definition) is 12. The molecule has 0 aliphatic carbocycles. The molecule has 33 nitrogen and oxygen atoms in total. The second-order valence-electron chi connectivity index (χ2n) is 34.1. The van der Waals surface area contributed by atoms with Gasteiger partial charge in [-0.15, -0.1) is 23.5 Å². The van der Waals surface area contributed by atoms with Gasteiger partial charge in [-0.1, -0.05) is 170 Å². The molecule has 0 radical (unpaired) electrons. The van der Waals surface area contributed by atoms with Crippen LogP contribution in [0.5, 0.6) is 0 Å². The molecule has 2 unspecified atom stereocenters. The summed E-state index contributed by atoms with van der Waals surface area (Å²) in [5.41, 5.74) is 10.4. The van der Waals surface area contributed by atoms with Crippen molar-refractivity contribution in [3.63, 3.8) is 0 Å². The number of thioether (sulfide) groups is 2. The maximum absolute atomic E-state index is 14.3. The summed E-state index contributed by atoms with van der Waals surface area (Å²) < 4.78 is 0. The van der Waals surface area contributed by atoms with Gasteiger partial charge in [-0.2, -0.15) is 0 Å². The van der Waals surface area contributed by atoms with Gasteiger partial charge in [0.05, 0.1) is 41.1 Å². The van der Waals surface area contributed by atoms with E-state index in [0.29, 0.717) is 0 Å². The van der Waals surface area contributed by atoms with Crippen molar-refractivity contribution in [2.75, 3.05) is 66.4 Å². The second kappa shape index (κ2) is 45.7. The first kappa shape index (κ1) is 103. The van der Waals surface area contributed by atoms with E-state index in [1.54, 1.807) is 27.2 Å². The molecule has 35 heteroatoms. The van der Waals surface area contributed by atoms with Gasteiger partial charge in [-0.25, -0.2) is 9.59 Å². The second-order valence-corrected chi connectivity index (χ2v) is 36.6. The van der Waals surface area contributed by atoms with Crippen LogP contribution in [-0.2, 0) is 87.5 Å². The zero-order valence-corrected chi connectivity index (χ0v) is 73.7. The molecule has 118 heavy (non-hydrogen) atoms. The molecular weight excluding hydrogens is 1560 g/mol. The molecule has 656 valence electrons. The number of Topliss-reactive ketones (excluding diaryl/α,β-unsaturated/α-hetero) is 1. The van der Waals surface area contributed by atoms with Gasteiger partial charge < -0.3 is 73.6 Å². The summed E-state index contributed by atoms with van der Waals surface area (Å²) in [5, 5.41) is 52.5. The first-order valence-electron chi connectivity index (χ1n) is 39.3. The van der Waals surface area contributed by atoms with E-state index in [1.807, 2.05) is 177 Å². The van der Waals surface area contributed by atoms with Gasteiger partial charge in [-0.3, -0.25) is 81.8 Å². The summed E-state index contributed by atoms with van der Waals surface area (Å²) in [6, 6.07) is 9.35. The van der Waals surface area contributed by atoms with Crippen molar-refractivity contribution in [1.29, 1.82) is 0 Å². The zero-order valence-electron chi connectivity index (χ0n) is 72.0. The molecule has 14 N–H and O–H groups in total. The predicted molar refractivity (Wildman–Crippen MR) is 449 cm³/mol. The minimum absolute atomic E-state index is 0.0194. The summed E-state index contributed by atoms with van der Waals surface area (Å²) in [6.07, 6.45) is 1.96. The third kappa shape index (κ3) is 29.8. The van der Waals surface area contributed by atoms with Crippen LogP contribution in [-0.4, -0.2) is 277 Å². The van der Waals surface area contributed by atoms with E-state index in [0.717, 1.165) is 44.5 Å². The first-order chi connectivity index (χ1) is 54.6. The lowest BCUT2D eigenvalue weighted by molar-refractivity contribution is -0.143. The number of likely N-dealkylation sites (N-methyl/N-ethyl adjacent to an activating group) is 4. The third-order valence-corrected chi connectivity index (χ3v) is 23.5. The van der Waals surface area contributed by atoms with E-state index in [1.165, 1.54) is 29.7 Å². The van der Waals surface area contributed by atoms with E-state index in [-0.39, 0.29) is 116 Å². The zero-order chi connectivity index (χ0) is 90.1. The monoisotopic (exact) mass is 1690 g/mol. The van der Waals surface area contributed by atoms with Crippen molar-refractivity contribution in [1.82, 2.24) is 56.4 Å². The molecule has 11 amide bonds. The molecule has 0 aromatic heterocycles. The van der Waals surface area contributed by atoms with E-state index in [4.69, 9.17) is 21.7 Å². The molecule has 0 saturated carbocycles. The largest absolute Gasteiger partial charge is 0.480 e. The Hall–Kier alpha value is -9.42. The number of carbonyl (C=O) groups excluding carboxylic acids is 12. The average molecular weight is 1690 g/mol. The van der Waals surface area contributed by atoms with Crippen LogP contribution in [0.1, 0.15) is 167 Å². The van der Waals surface area contributed by atoms with Gasteiger partial charge in [0, 0.05) is 92.9 Å². The number of hydrogen-bond acceptors (Lipinski definition) is 22. The Balaban J connectivity index is 0.000000611. The Morgan fingerprint density at radius 1 is 0.534 bits per heavy atom. The molecule has 2 aromatic rings. The molecule has 2 aliphatic heterocycles. The number of carboxylic acid groups (broad SMARTS) is 4. The molecule has 2 heterocycles. The summed E-state index contributed by atoms with van der Waals surface area (Å²) in [7, 11) is 8.51. The quantitative estimate of drug-likeness (QED) is 0.0332. The number of aliphatic carboxylic acids is 4. The Kier molecular flexibility index (Phi) is 39.8. The Morgan fingerprint density at radius 2 is 0.924 bits per heavy atom. The Morgan fingerprint density at radius 3 is 1.30 bits per heavy atom. The number of nitrogens with one attached hydrogen (secondary N) is 6. The summed E-state index contributed by atoms with van der Waals surface area (Å²) in [4.78, 5) is 212. The van der Waals surface area contributed by atoms with Crippen LogP contribution in [0.15, 0.2) is 84.0 Å². The Labute approximate surface area is 701 Å². The number of carboxylic acids is 4. The average Bonchev–Trinajstić information content (AvgIpc) is 1.00. The Bertz CT molecular complexity index is 3970. The fourth-order valence-electron chi connectivity index (χ4n) is 13.7. The van der Waals surface area contributed by atoms with Crippen molar-refractivity contribution < 1.29 is 97.1 Å². The number of carbonyl (C=O) groups is 16. The fourth-order valence-corrected chi connectivity index (χ4v) is 16.0. The van der Waals surface area contributed by atoms with Gasteiger partial charge in [0.1, 0.15) is 42.0 Å². The van der Waals surface area contributed by atoms with Crippen LogP contribution < -0.4 is 43.4 Å². The van der Waals surface area contributed by atoms with Crippen molar-refractivity contribution in [3.05, 3.63) is 95.1 Å². The number of amides is 11. The minimum Gasteiger partial charge on any atom is -0.480 e. The summed E-state index contributed by atoms with van der Waals surface area (Å²) in [6.45, 7) is 29.0. The molecule has 0 bridgehead atoms. The molecule has 2 fully saturated rings. The normalized spacial score (nSPS) is 17.5. The smallest absolute Gasteiger partial charge is 0.326 e. The summed E-state index contributed by atoms with van der Waals surface area (Å²) in [5.74, 6) is -11.8. The lowest BCUT2D eigenvalue weighted by Gasteiger charge is -2.41. The maximum atomic E-state index is 14.3. The number of rotatable bonds is 44. The van der Waals surface area contributed by atoms with Gasteiger partial charge >= 0.3 is 23.9 Å². The lowest BCUT2D eigenvalue weighted by Crippen LogP contribution is -2.61. The van der Waals surface area contributed by atoms with E-state index in [2.05, 4.69) is 31.9 Å². The predicted octanol–water partition coefficient (Wildman–Crippen LogP) is 3.69. The maximum Gasteiger partial charge on any atom is 0.326 e. The van der Waals surface area contributed by atoms with E-state index < -0.39 is 170 Å². The standard InChI is InChI=1S/C43H66N6O10S.C40H61N7O10S/c1-25(2)31(48(11)39(55)34(42(4,5)6)46-37(53)35(47(9)10)43(7,8)27-16-13-12-14-17-27)22-26(3)36(52)45-30(41(58)59)20-19-28(50)18-15-21-49-33(51)23-32(38(49)54)60-24-29(44)40(56)57;1-22(2)27(46(10)36(53)32(39(4,5)6)45-34(51)31(42-9)40(7,8)24-14-12-11-13-15-24)18-23(3)33(50)44-26(38(56)57)19-29(48)43-16-17-47-30(49)20-28(35(47)52)58-21-25(41)37(54)55/h12-14,16-17,22,25,29-32,34-35H,15,18-21,23-24,44H2,1-11H3,(H,45,52)(H,46,53)(H,56,57)(H,58,59);11-15,18,22,25-28,31-32,42H,16-17,19-21,41H2,1-10H3,(H,43,48)(H,44,50)(H,45,51)(H,54,55)(H,56,57)/b26-22+;23-18+/t29-,30+,31+,32?,34+,35+;25-,26-,27+,28?,31+,32+/m00/s1. The van der Waals surface area contributed by atoms with Crippen molar-refractivity contribution in [3.8, 4) is 0 Å². The molecule has 2 saturated heterocycles. The van der Waals surface area contributed by atoms with Gasteiger partial charge in [0.25, 0.3) is 0 Å². The molecule has 12 atom stereocenters. The number of nitrogens with zero attached hydrogens (tertiary/aromatic N) is 5. The molecule has 2 aromatic carbocycles. The van der Waals surface area contributed by atoms with E-state index in [9.17, 15) is 86.9 Å². The van der Waals surface area contributed by atoms with Crippen LogP contribution in [0.25, 0.3) is 0 Å². The SMILES string of the molecule is C/C(=C\[C@H](C(C)C)N(C)C(=O)[C@@H](NC(=O)[C@@H](N(C)C)C(C)(C)c1ccccc1)C(C)(C)C)C(=O)N[C@H](CCC(=O)CCCN1C(=O)CC(SC[C@H](N)C(=O)O)C1=O)C(=O)O.CN[C@H](C(=O)N[C@H](C(=O)N(C)[C@H](/C=C(\C)C(=O)N[C@@H](CC(=O)NCCN1C(=O)CC(SC[C@H](N)C(=O)O)C1=O)C(=O)O)C(C)C)C(C)(C)C)C(C)(C)c1ccccc1. The third-order valence-electron chi connectivity index (χ3n) is 20.9. The van der Waals surface area contributed by atoms with Crippen molar-refractivity contribution in [2.45, 2.75) is 237 Å². The highest BCUT2D eigenvalue weighted by Crippen LogP contribution is 2.34. The number of nitrogens with two attached hydrogens (primary N) is 2. The fraction of sp³-hybridized carbons (Fsp3) is 0.614. The highest BCUT2D eigenvalue weighted by molar-refractivity contribution is 8.01. The van der Waals surface area contributed by atoms with Crippen LogP contribution in [0.2, 0.25) is 0 Å². The highest BCUT2D eigenvalue weighted by Gasteiger charge is 2.46. The highest BCUT2D eigenvalue weighted by atomic mass is 32.2. The van der Waals surface area contributed by atoms with Crippen LogP contribution in [0.3, 0.4) is 0 Å². The van der Waals surface area contributed by atoms with Crippen LogP contribution >= 0.6 is 23.5 Å².